The van der Waals surface area contributed by atoms with Crippen LogP contribution in [0.4, 0.5) is 17.6 Å². The van der Waals surface area contributed by atoms with Crippen LogP contribution in [-0.4, -0.2) is 24.3 Å². The average Bonchev–Trinajstić information content (AvgIpc) is 3.27. The van der Waals surface area contributed by atoms with E-state index >= 15 is 0 Å². The summed E-state index contributed by atoms with van der Waals surface area (Å²) >= 11 is 1.59. The van der Waals surface area contributed by atoms with Crippen LogP contribution in [-0.2, 0) is 16.9 Å². The minimum absolute atomic E-state index is 0.0478. The standard InChI is InChI=1S/C21H18F2O4S.C5H8F2O.C2H6/c1-13-16(11-19(26-13)20(24)25)12-28-18-8-4-15(5-9-18)10-14-2-6-17(7-3-14)27-21(22)23;1-2-3-4-8-5(6)7;1-2/h2-9,11,21H,10,12H2,1H3,(H,24,25);3-5H,2H2,1H3;1-2H3/b;4-3+;. The summed E-state index contributed by atoms with van der Waals surface area (Å²) in [7, 11) is 0. The number of allylic oxidation sites excluding steroid dienone is 1. The van der Waals surface area contributed by atoms with Gasteiger partial charge in [-0.2, -0.15) is 17.6 Å². The number of aromatic carboxylic acids is 1. The van der Waals surface area contributed by atoms with E-state index in [2.05, 4.69) is 9.47 Å². The first-order valence-corrected chi connectivity index (χ1v) is 12.8. The molecule has 3 aromatic rings. The van der Waals surface area contributed by atoms with E-state index in [1.54, 1.807) is 36.9 Å². The predicted octanol–water partition coefficient (Wildman–Crippen LogP) is 8.95. The summed E-state index contributed by atoms with van der Waals surface area (Å²) in [6.07, 6.45) is 3.92. The highest BCUT2D eigenvalue weighted by atomic mass is 32.2. The van der Waals surface area contributed by atoms with Crippen molar-refractivity contribution in [2.24, 2.45) is 0 Å². The Balaban J connectivity index is 0.000000620. The highest BCUT2D eigenvalue weighted by Crippen LogP contribution is 2.27. The number of carbonyl (C=O) groups is 1. The van der Waals surface area contributed by atoms with Gasteiger partial charge in [-0.05, 0) is 67.3 Å². The fourth-order valence-corrected chi connectivity index (χ4v) is 3.81. The molecule has 0 aliphatic rings. The third-order valence-electron chi connectivity index (χ3n) is 4.62. The first kappa shape index (κ1) is 32.6. The number of rotatable bonds is 11. The van der Waals surface area contributed by atoms with Crippen molar-refractivity contribution in [1.29, 1.82) is 0 Å². The van der Waals surface area contributed by atoms with Crippen LogP contribution < -0.4 is 4.74 Å². The number of carboxylic acid groups (broad SMARTS) is 1. The van der Waals surface area contributed by atoms with Gasteiger partial charge >= 0.3 is 19.2 Å². The molecule has 0 radical (unpaired) electrons. The lowest BCUT2D eigenvalue weighted by atomic mass is 10.1. The molecular formula is C28H32F4O5S. The minimum Gasteiger partial charge on any atom is -0.475 e. The Morgan fingerprint density at radius 3 is 2.05 bits per heavy atom. The molecule has 0 amide bonds. The number of hydrogen-bond donors (Lipinski definition) is 1. The molecule has 0 atom stereocenters. The van der Waals surface area contributed by atoms with Gasteiger partial charge in [0.1, 0.15) is 11.5 Å². The first-order valence-electron chi connectivity index (χ1n) is 11.8. The molecular weight excluding hydrogens is 524 g/mol. The second-order valence-electron chi connectivity index (χ2n) is 7.31. The van der Waals surface area contributed by atoms with Crippen LogP contribution in [0.2, 0.25) is 0 Å². The van der Waals surface area contributed by atoms with Gasteiger partial charge in [-0.1, -0.05) is 45.0 Å². The molecule has 10 heteroatoms. The summed E-state index contributed by atoms with van der Waals surface area (Å²) in [5.74, 6) is 0.255. The van der Waals surface area contributed by atoms with Crippen molar-refractivity contribution in [3.63, 3.8) is 0 Å². The molecule has 0 fully saturated rings. The summed E-state index contributed by atoms with van der Waals surface area (Å²) in [4.78, 5) is 12.0. The van der Waals surface area contributed by atoms with Crippen LogP contribution in [0, 0.1) is 6.92 Å². The van der Waals surface area contributed by atoms with E-state index in [0.29, 0.717) is 24.4 Å². The van der Waals surface area contributed by atoms with Crippen LogP contribution in [0.3, 0.4) is 0 Å². The molecule has 0 unspecified atom stereocenters. The Labute approximate surface area is 224 Å². The normalized spacial score (nSPS) is 10.6. The number of carboxylic acids is 1. The van der Waals surface area contributed by atoms with Crippen LogP contribution in [0.5, 0.6) is 5.75 Å². The van der Waals surface area contributed by atoms with Crippen LogP contribution in [0.15, 0.2) is 76.2 Å². The lowest BCUT2D eigenvalue weighted by molar-refractivity contribution is -0.0831. The van der Waals surface area contributed by atoms with Crippen LogP contribution in [0.1, 0.15) is 60.2 Å². The molecule has 0 saturated heterocycles. The SMILES string of the molecule is CC.CC/C=C/OC(F)F.Cc1oc(C(=O)O)cc1CSc1ccc(Cc2ccc(OC(F)F)cc2)cc1. The van der Waals surface area contributed by atoms with E-state index in [1.165, 1.54) is 18.2 Å². The number of ether oxygens (including phenoxy) is 2. The molecule has 3 rings (SSSR count). The maximum Gasteiger partial charge on any atom is 0.387 e. The zero-order valence-corrected chi connectivity index (χ0v) is 22.4. The third-order valence-corrected chi connectivity index (χ3v) is 5.68. The van der Waals surface area contributed by atoms with E-state index < -0.39 is 19.2 Å². The van der Waals surface area contributed by atoms with Crippen molar-refractivity contribution in [2.75, 3.05) is 0 Å². The lowest BCUT2D eigenvalue weighted by Crippen LogP contribution is -2.01. The smallest absolute Gasteiger partial charge is 0.387 e. The summed E-state index contributed by atoms with van der Waals surface area (Å²) in [5.41, 5.74) is 2.95. The second-order valence-corrected chi connectivity index (χ2v) is 8.35. The van der Waals surface area contributed by atoms with Gasteiger partial charge in [0.2, 0.25) is 5.76 Å². The molecule has 0 spiro atoms. The quantitative estimate of drug-likeness (QED) is 0.144. The number of benzene rings is 2. The fraction of sp³-hybridized carbons (Fsp3) is 0.321. The number of alkyl halides is 4. The fourth-order valence-electron chi connectivity index (χ4n) is 2.87. The number of hydrogen-bond acceptors (Lipinski definition) is 5. The molecule has 0 aliphatic heterocycles. The zero-order chi connectivity index (χ0) is 28.5. The van der Waals surface area contributed by atoms with Crippen molar-refractivity contribution in [2.45, 2.75) is 64.4 Å². The Kier molecular flexibility index (Phi) is 15.4. The van der Waals surface area contributed by atoms with Gasteiger partial charge < -0.3 is 19.0 Å². The van der Waals surface area contributed by atoms with Crippen LogP contribution in [0.25, 0.3) is 0 Å². The second kappa shape index (κ2) is 18.0. The number of furan rings is 1. The topological polar surface area (TPSA) is 68.9 Å². The van der Waals surface area contributed by atoms with Gasteiger partial charge in [-0.25, -0.2) is 4.79 Å². The molecule has 0 bridgehead atoms. The van der Waals surface area contributed by atoms with Gasteiger partial charge in [-0.15, -0.1) is 11.8 Å². The van der Waals surface area contributed by atoms with E-state index in [9.17, 15) is 22.4 Å². The number of halogens is 4. The molecule has 38 heavy (non-hydrogen) atoms. The van der Waals surface area contributed by atoms with Crippen molar-refractivity contribution in [3.05, 3.63) is 95.1 Å². The summed E-state index contributed by atoms with van der Waals surface area (Å²) in [5, 5.41) is 8.97. The van der Waals surface area contributed by atoms with Gasteiger partial charge in [0.25, 0.3) is 0 Å². The number of thioether (sulfide) groups is 1. The van der Waals surface area contributed by atoms with Crippen molar-refractivity contribution < 1.29 is 41.4 Å². The Morgan fingerprint density at radius 2 is 1.58 bits per heavy atom. The van der Waals surface area contributed by atoms with Gasteiger partial charge in [0.15, 0.2) is 0 Å². The minimum atomic E-state index is -2.82. The van der Waals surface area contributed by atoms with Gasteiger partial charge in [0.05, 0.1) is 6.26 Å². The molecule has 208 valence electrons. The largest absolute Gasteiger partial charge is 0.475 e. The van der Waals surface area contributed by atoms with Crippen molar-refractivity contribution in [1.82, 2.24) is 0 Å². The van der Waals surface area contributed by atoms with E-state index in [0.717, 1.165) is 27.8 Å². The highest BCUT2D eigenvalue weighted by molar-refractivity contribution is 7.98. The average molecular weight is 557 g/mol. The molecule has 1 heterocycles. The predicted molar refractivity (Wildman–Crippen MR) is 140 cm³/mol. The molecule has 5 nitrogen and oxygen atoms in total. The van der Waals surface area contributed by atoms with Gasteiger partial charge in [0, 0.05) is 16.2 Å². The highest BCUT2D eigenvalue weighted by Gasteiger charge is 2.13. The van der Waals surface area contributed by atoms with E-state index in [-0.39, 0.29) is 11.5 Å². The Morgan fingerprint density at radius 1 is 1.00 bits per heavy atom. The third kappa shape index (κ3) is 12.7. The molecule has 1 aromatic heterocycles. The Hall–Kier alpha value is -3.40. The number of aryl methyl sites for hydroxylation is 1. The van der Waals surface area contributed by atoms with E-state index in [1.807, 2.05) is 45.0 Å². The molecule has 2 aromatic carbocycles. The molecule has 0 saturated carbocycles. The van der Waals surface area contributed by atoms with Crippen molar-refractivity contribution >= 4 is 17.7 Å². The first-order chi connectivity index (χ1) is 18.2. The van der Waals surface area contributed by atoms with Crippen molar-refractivity contribution in [3.8, 4) is 5.75 Å². The lowest BCUT2D eigenvalue weighted by Gasteiger charge is -2.07. The summed E-state index contributed by atoms with van der Waals surface area (Å²) in [6, 6.07) is 16.2. The zero-order valence-electron chi connectivity index (χ0n) is 21.6. The van der Waals surface area contributed by atoms with Gasteiger partial charge in [-0.3, -0.25) is 0 Å². The maximum atomic E-state index is 12.2. The monoisotopic (exact) mass is 556 g/mol. The summed E-state index contributed by atoms with van der Waals surface area (Å²) in [6.45, 7) is 2.09. The van der Waals surface area contributed by atoms with Crippen LogP contribution >= 0.6 is 11.8 Å². The Bertz CT molecular complexity index is 1100. The van der Waals surface area contributed by atoms with E-state index in [4.69, 9.17) is 9.52 Å². The molecule has 1 N–H and O–H groups in total. The molecule has 0 aliphatic carbocycles. The summed E-state index contributed by atoms with van der Waals surface area (Å²) < 4.78 is 59.9. The maximum absolute atomic E-state index is 12.2.